The molecule has 5 nitrogen and oxygen atoms in total. The molecule has 0 radical (unpaired) electrons. The van der Waals surface area contributed by atoms with Crippen LogP contribution in [-0.2, 0) is 0 Å². The van der Waals surface area contributed by atoms with E-state index in [0.717, 1.165) is 33.5 Å². The molecular weight excluding hydrogens is 386 g/mol. The van der Waals surface area contributed by atoms with E-state index < -0.39 is 0 Å². The Morgan fingerprint density at radius 3 is 2.48 bits per heavy atom. The van der Waals surface area contributed by atoms with Crippen molar-refractivity contribution in [3.05, 3.63) is 78.9 Å². The molecule has 0 amide bonds. The average Bonchev–Trinajstić information content (AvgIpc) is 3.14. The van der Waals surface area contributed by atoms with Crippen molar-refractivity contribution in [2.75, 3.05) is 12.4 Å². The van der Waals surface area contributed by atoms with Gasteiger partial charge in [-0.15, -0.1) is 12.4 Å². The van der Waals surface area contributed by atoms with Crippen molar-refractivity contribution < 1.29 is 9.15 Å². The first-order chi connectivity index (χ1) is 13.8. The first-order valence-corrected chi connectivity index (χ1v) is 8.97. The van der Waals surface area contributed by atoms with E-state index in [1.54, 1.807) is 7.11 Å². The fourth-order valence-electron chi connectivity index (χ4n) is 3.23. The number of anilines is 2. The number of nitrogens with zero attached hydrogens (tertiary/aromatic N) is 2. The second-order valence-electron chi connectivity index (χ2n) is 6.39. The molecular formula is C23H18ClN3O2. The number of hydrogen-bond donors (Lipinski definition) is 1. The molecule has 2 aromatic heterocycles. The van der Waals surface area contributed by atoms with Crippen molar-refractivity contribution in [3.63, 3.8) is 0 Å². The number of ether oxygens (including phenoxy) is 1. The zero-order valence-electron chi connectivity index (χ0n) is 15.6. The highest BCUT2D eigenvalue weighted by atomic mass is 35.5. The monoisotopic (exact) mass is 403 g/mol. The van der Waals surface area contributed by atoms with Crippen LogP contribution in [0.3, 0.4) is 0 Å². The molecule has 0 aliphatic heterocycles. The van der Waals surface area contributed by atoms with Crippen LogP contribution in [0, 0.1) is 0 Å². The Morgan fingerprint density at radius 2 is 1.66 bits per heavy atom. The van der Waals surface area contributed by atoms with Gasteiger partial charge < -0.3 is 14.5 Å². The van der Waals surface area contributed by atoms with Gasteiger partial charge in [0.2, 0.25) is 0 Å². The molecule has 0 atom stereocenters. The Hall–Kier alpha value is -3.57. The van der Waals surface area contributed by atoms with Gasteiger partial charge in [0.15, 0.2) is 17.2 Å². The highest BCUT2D eigenvalue weighted by Gasteiger charge is 2.16. The maximum absolute atomic E-state index is 6.08. The van der Waals surface area contributed by atoms with Gasteiger partial charge >= 0.3 is 0 Å². The van der Waals surface area contributed by atoms with Gasteiger partial charge in [-0.1, -0.05) is 48.5 Å². The Labute approximate surface area is 173 Å². The van der Waals surface area contributed by atoms with Crippen LogP contribution in [0.5, 0.6) is 5.75 Å². The maximum Gasteiger partial charge on any atom is 0.196 e. The zero-order valence-corrected chi connectivity index (χ0v) is 16.4. The molecule has 5 rings (SSSR count). The lowest BCUT2D eigenvalue weighted by atomic mass is 10.2. The van der Waals surface area contributed by atoms with Crippen LogP contribution < -0.4 is 10.1 Å². The molecule has 0 fully saturated rings. The summed E-state index contributed by atoms with van der Waals surface area (Å²) in [5, 5.41) is 4.33. The third-order valence-electron chi connectivity index (χ3n) is 4.58. The number of fused-ring (bicyclic) bond motifs is 3. The molecule has 0 aliphatic carbocycles. The van der Waals surface area contributed by atoms with Gasteiger partial charge in [-0.3, -0.25) is 0 Å². The molecule has 1 N–H and O–H groups in total. The molecule has 0 unspecified atom stereocenters. The van der Waals surface area contributed by atoms with Crippen molar-refractivity contribution >= 4 is 46.0 Å². The Bertz CT molecular complexity index is 1290. The molecule has 144 valence electrons. The third-order valence-corrected chi connectivity index (χ3v) is 4.58. The van der Waals surface area contributed by atoms with Crippen molar-refractivity contribution in [2.45, 2.75) is 0 Å². The van der Waals surface area contributed by atoms with Gasteiger partial charge in [-0.2, -0.15) is 0 Å². The van der Waals surface area contributed by atoms with Crippen molar-refractivity contribution in [1.82, 2.24) is 9.97 Å². The van der Waals surface area contributed by atoms with Gasteiger partial charge in [-0.25, -0.2) is 9.97 Å². The summed E-state index contributed by atoms with van der Waals surface area (Å²) in [5.74, 6) is 2.03. The summed E-state index contributed by atoms with van der Waals surface area (Å²) in [7, 11) is 1.65. The molecule has 0 saturated carbocycles. The molecule has 0 aliphatic rings. The van der Waals surface area contributed by atoms with Gasteiger partial charge in [0, 0.05) is 22.7 Å². The van der Waals surface area contributed by atoms with Gasteiger partial charge in [0.05, 0.1) is 7.11 Å². The van der Waals surface area contributed by atoms with E-state index in [2.05, 4.69) is 5.32 Å². The summed E-state index contributed by atoms with van der Waals surface area (Å²) in [6.45, 7) is 0. The van der Waals surface area contributed by atoms with Crippen LogP contribution in [0.15, 0.2) is 83.3 Å². The standard InChI is InChI=1S/C23H17N3O2.ClH/c1-27-17-11-7-10-16(14-17)24-23-21-20(18-12-5-6-13-19(18)28-21)25-22(26-23)15-8-3-2-4-9-15;/h2-14H,1H3,(H,24,25,26);1H. The van der Waals surface area contributed by atoms with Crippen LogP contribution in [0.25, 0.3) is 33.5 Å². The summed E-state index contributed by atoms with van der Waals surface area (Å²) in [6.07, 6.45) is 0. The predicted octanol–water partition coefficient (Wildman–Crippen LogP) is 6.22. The minimum atomic E-state index is 0. The number of para-hydroxylation sites is 1. The third kappa shape index (κ3) is 3.48. The average molecular weight is 404 g/mol. The summed E-state index contributed by atoms with van der Waals surface area (Å²) in [6, 6.07) is 25.5. The number of rotatable bonds is 4. The number of furan rings is 1. The number of halogens is 1. The highest BCUT2D eigenvalue weighted by molar-refractivity contribution is 6.06. The first kappa shape index (κ1) is 18.8. The number of methoxy groups -OCH3 is 1. The van der Waals surface area contributed by atoms with E-state index in [1.807, 2.05) is 78.9 Å². The van der Waals surface area contributed by atoms with E-state index in [-0.39, 0.29) is 12.4 Å². The zero-order chi connectivity index (χ0) is 18.9. The number of nitrogens with one attached hydrogen (secondary N) is 1. The lowest BCUT2D eigenvalue weighted by Gasteiger charge is -2.09. The maximum atomic E-state index is 6.08. The summed E-state index contributed by atoms with van der Waals surface area (Å²) < 4.78 is 11.4. The molecule has 2 heterocycles. The SMILES string of the molecule is COc1cccc(Nc2nc(-c3ccccc3)nc3c2oc2ccccc23)c1.Cl. The van der Waals surface area contributed by atoms with E-state index in [1.165, 1.54) is 0 Å². The number of hydrogen-bond acceptors (Lipinski definition) is 5. The van der Waals surface area contributed by atoms with Crippen LogP contribution >= 0.6 is 12.4 Å². The van der Waals surface area contributed by atoms with E-state index >= 15 is 0 Å². The summed E-state index contributed by atoms with van der Waals surface area (Å²) >= 11 is 0. The first-order valence-electron chi connectivity index (χ1n) is 8.97. The van der Waals surface area contributed by atoms with Gasteiger partial charge in [0.25, 0.3) is 0 Å². The minimum absolute atomic E-state index is 0. The molecule has 0 bridgehead atoms. The molecule has 29 heavy (non-hydrogen) atoms. The Balaban J connectivity index is 0.00000205. The largest absolute Gasteiger partial charge is 0.497 e. The predicted molar refractivity (Wildman–Crippen MR) is 118 cm³/mol. The smallest absolute Gasteiger partial charge is 0.196 e. The van der Waals surface area contributed by atoms with Crippen molar-refractivity contribution in [2.24, 2.45) is 0 Å². The molecule has 5 aromatic rings. The molecule has 6 heteroatoms. The second kappa shape index (κ2) is 7.81. The second-order valence-corrected chi connectivity index (χ2v) is 6.39. The quantitative estimate of drug-likeness (QED) is 0.386. The van der Waals surface area contributed by atoms with E-state index in [9.17, 15) is 0 Å². The lowest BCUT2D eigenvalue weighted by molar-refractivity contribution is 0.415. The summed E-state index contributed by atoms with van der Waals surface area (Å²) in [4.78, 5) is 9.56. The fourth-order valence-corrected chi connectivity index (χ4v) is 3.23. The van der Waals surface area contributed by atoms with E-state index in [0.29, 0.717) is 17.2 Å². The van der Waals surface area contributed by atoms with Crippen LogP contribution in [0.1, 0.15) is 0 Å². The number of aromatic nitrogens is 2. The number of benzene rings is 3. The fraction of sp³-hybridized carbons (Fsp3) is 0.0435. The molecule has 0 saturated heterocycles. The van der Waals surface area contributed by atoms with Crippen molar-refractivity contribution in [3.8, 4) is 17.1 Å². The molecule has 0 spiro atoms. The Morgan fingerprint density at radius 1 is 0.862 bits per heavy atom. The lowest BCUT2D eigenvalue weighted by Crippen LogP contribution is -1.98. The highest BCUT2D eigenvalue weighted by Crippen LogP contribution is 2.34. The van der Waals surface area contributed by atoms with Gasteiger partial charge in [0.1, 0.15) is 16.8 Å². The van der Waals surface area contributed by atoms with Crippen molar-refractivity contribution in [1.29, 1.82) is 0 Å². The van der Waals surface area contributed by atoms with Crippen LogP contribution in [-0.4, -0.2) is 17.1 Å². The topological polar surface area (TPSA) is 60.2 Å². The normalized spacial score (nSPS) is 10.7. The van der Waals surface area contributed by atoms with Crippen LogP contribution in [0.4, 0.5) is 11.5 Å². The van der Waals surface area contributed by atoms with E-state index in [4.69, 9.17) is 19.1 Å². The summed E-state index contributed by atoms with van der Waals surface area (Å²) in [5.41, 5.74) is 4.01. The Kier molecular flexibility index (Phi) is 5.06. The minimum Gasteiger partial charge on any atom is -0.497 e. The van der Waals surface area contributed by atoms with Crippen LogP contribution in [0.2, 0.25) is 0 Å². The molecule has 3 aromatic carbocycles. The van der Waals surface area contributed by atoms with Gasteiger partial charge in [-0.05, 0) is 24.3 Å².